The third kappa shape index (κ3) is 3.74. The van der Waals surface area contributed by atoms with E-state index in [1.807, 2.05) is 24.3 Å². The number of esters is 1. The fourth-order valence-corrected chi connectivity index (χ4v) is 3.50. The van der Waals surface area contributed by atoms with Crippen molar-refractivity contribution in [1.82, 2.24) is 0 Å². The summed E-state index contributed by atoms with van der Waals surface area (Å²) >= 11 is 3.47. The topological polar surface area (TPSA) is 61.8 Å². The average molecular weight is 465 g/mol. The van der Waals surface area contributed by atoms with Gasteiger partial charge in [0.25, 0.3) is 0 Å². The molecule has 0 aliphatic carbocycles. The number of carbonyl (C=O) groups excluding carboxylic acids is 2. The number of fused-ring (bicyclic) bond motifs is 1. The molecule has 0 amide bonds. The number of methoxy groups -OCH3 is 1. The molecule has 0 unspecified atom stereocenters. The summed E-state index contributed by atoms with van der Waals surface area (Å²) < 4.78 is 17.3. The first-order valence-electron chi connectivity index (χ1n) is 9.16. The number of rotatable bonds is 4. The molecule has 0 aromatic heterocycles. The molecular formula is C24H17BrO5. The summed E-state index contributed by atoms with van der Waals surface area (Å²) in [6, 6.07) is 17.4. The maximum atomic E-state index is 12.8. The Morgan fingerprint density at radius 3 is 2.47 bits per heavy atom. The maximum absolute atomic E-state index is 12.8. The molecule has 0 atom stereocenters. The Morgan fingerprint density at radius 1 is 1.03 bits per heavy atom. The first-order valence-corrected chi connectivity index (χ1v) is 9.96. The highest BCUT2D eigenvalue weighted by molar-refractivity contribution is 9.10. The molecule has 5 nitrogen and oxygen atoms in total. The van der Waals surface area contributed by atoms with Crippen molar-refractivity contribution in [2.24, 2.45) is 0 Å². The highest BCUT2D eigenvalue weighted by Crippen LogP contribution is 2.39. The van der Waals surface area contributed by atoms with E-state index in [9.17, 15) is 9.59 Å². The summed E-state index contributed by atoms with van der Waals surface area (Å²) in [6.45, 7) is 1.75. The molecule has 1 aliphatic rings. The monoisotopic (exact) mass is 464 g/mol. The predicted molar refractivity (Wildman–Crippen MR) is 116 cm³/mol. The molecular weight excluding hydrogens is 448 g/mol. The van der Waals surface area contributed by atoms with Crippen molar-refractivity contribution in [2.75, 3.05) is 7.11 Å². The van der Waals surface area contributed by atoms with Gasteiger partial charge in [-0.3, -0.25) is 4.79 Å². The van der Waals surface area contributed by atoms with Gasteiger partial charge in [0.2, 0.25) is 5.78 Å². The molecule has 1 heterocycles. The van der Waals surface area contributed by atoms with Crippen LogP contribution in [0, 0.1) is 6.92 Å². The van der Waals surface area contributed by atoms with E-state index in [-0.39, 0.29) is 11.5 Å². The molecule has 4 rings (SSSR count). The second-order valence-corrected chi connectivity index (χ2v) is 7.50. The first kappa shape index (κ1) is 19.9. The summed E-state index contributed by atoms with van der Waals surface area (Å²) in [7, 11) is 1.56. The lowest BCUT2D eigenvalue weighted by Crippen LogP contribution is -2.09. The van der Waals surface area contributed by atoms with E-state index in [2.05, 4.69) is 15.9 Å². The summed E-state index contributed by atoms with van der Waals surface area (Å²) in [5.41, 5.74) is 2.24. The van der Waals surface area contributed by atoms with Crippen LogP contribution >= 0.6 is 15.9 Å². The van der Waals surface area contributed by atoms with E-state index in [1.165, 1.54) is 0 Å². The zero-order valence-corrected chi connectivity index (χ0v) is 17.9. The lowest BCUT2D eigenvalue weighted by Gasteiger charge is -2.10. The van der Waals surface area contributed by atoms with E-state index < -0.39 is 5.97 Å². The van der Waals surface area contributed by atoms with E-state index in [0.717, 1.165) is 10.0 Å². The van der Waals surface area contributed by atoms with Crippen molar-refractivity contribution in [1.29, 1.82) is 0 Å². The molecule has 0 spiro atoms. The SMILES string of the molecule is COc1ccc(C(=O)Oc2ccc3c(c2C)O/C(=C\c2ccccc2Br)C3=O)cc1. The van der Waals surface area contributed by atoms with Crippen LogP contribution in [0.5, 0.6) is 17.2 Å². The number of hydrogen-bond donors (Lipinski definition) is 0. The number of ketones is 1. The number of allylic oxidation sites excluding steroid dienone is 1. The van der Waals surface area contributed by atoms with Crippen LogP contribution in [0.1, 0.15) is 31.8 Å². The molecule has 3 aromatic carbocycles. The standard InChI is InChI=1S/C24H17BrO5/c1-14-20(30-24(27)15-7-9-17(28-2)10-8-15)12-11-18-22(26)21(29-23(14)18)13-16-5-3-4-6-19(16)25/h3-13H,1-2H3/b21-13-. The van der Waals surface area contributed by atoms with Gasteiger partial charge in [0.15, 0.2) is 5.76 Å². The molecule has 1 aliphatic heterocycles. The largest absolute Gasteiger partial charge is 0.497 e. The van der Waals surface area contributed by atoms with Crippen LogP contribution in [0.15, 0.2) is 70.9 Å². The summed E-state index contributed by atoms with van der Waals surface area (Å²) in [5, 5.41) is 0. The average Bonchev–Trinajstić information content (AvgIpc) is 3.08. The molecule has 0 N–H and O–H groups in total. The predicted octanol–water partition coefficient (Wildman–Crippen LogP) is 5.60. The summed E-state index contributed by atoms with van der Waals surface area (Å²) in [5.74, 6) is 0.893. The molecule has 150 valence electrons. The normalized spacial score (nSPS) is 13.7. The summed E-state index contributed by atoms with van der Waals surface area (Å²) in [4.78, 5) is 25.2. The van der Waals surface area contributed by atoms with Crippen molar-refractivity contribution >= 4 is 33.8 Å². The number of carbonyl (C=O) groups is 2. The Kier molecular flexibility index (Phi) is 5.42. The van der Waals surface area contributed by atoms with Gasteiger partial charge in [-0.05, 0) is 61.0 Å². The van der Waals surface area contributed by atoms with Crippen LogP contribution in [0.2, 0.25) is 0 Å². The minimum absolute atomic E-state index is 0.211. The molecule has 0 radical (unpaired) electrons. The molecule has 30 heavy (non-hydrogen) atoms. The molecule has 0 saturated carbocycles. The van der Waals surface area contributed by atoms with Gasteiger partial charge in [0.1, 0.15) is 17.2 Å². The number of halogens is 1. The highest BCUT2D eigenvalue weighted by Gasteiger charge is 2.30. The Labute approximate surface area is 182 Å². The maximum Gasteiger partial charge on any atom is 0.343 e. The van der Waals surface area contributed by atoms with Crippen LogP contribution in [0.4, 0.5) is 0 Å². The fraction of sp³-hybridized carbons (Fsp3) is 0.0833. The van der Waals surface area contributed by atoms with E-state index in [4.69, 9.17) is 14.2 Å². The van der Waals surface area contributed by atoms with Crippen LogP contribution < -0.4 is 14.2 Å². The Balaban J connectivity index is 1.60. The number of hydrogen-bond acceptors (Lipinski definition) is 5. The Morgan fingerprint density at radius 2 is 1.77 bits per heavy atom. The third-order valence-corrected chi connectivity index (χ3v) is 5.48. The third-order valence-electron chi connectivity index (χ3n) is 4.76. The van der Waals surface area contributed by atoms with Crippen molar-refractivity contribution in [3.05, 3.63) is 93.1 Å². The van der Waals surface area contributed by atoms with E-state index in [0.29, 0.717) is 33.9 Å². The smallest absolute Gasteiger partial charge is 0.343 e. The lowest BCUT2D eigenvalue weighted by atomic mass is 10.1. The van der Waals surface area contributed by atoms with Crippen LogP contribution in [0.3, 0.4) is 0 Å². The first-order chi connectivity index (χ1) is 14.5. The van der Waals surface area contributed by atoms with Crippen LogP contribution in [-0.4, -0.2) is 18.9 Å². The van der Waals surface area contributed by atoms with Crippen LogP contribution in [-0.2, 0) is 0 Å². The van der Waals surface area contributed by atoms with Crippen LogP contribution in [0.25, 0.3) is 6.08 Å². The lowest BCUT2D eigenvalue weighted by molar-refractivity contribution is 0.0733. The van der Waals surface area contributed by atoms with Crippen molar-refractivity contribution in [3.63, 3.8) is 0 Å². The summed E-state index contributed by atoms with van der Waals surface area (Å²) in [6.07, 6.45) is 1.69. The Bertz CT molecular complexity index is 1180. The Hall–Kier alpha value is -3.38. The molecule has 3 aromatic rings. The highest BCUT2D eigenvalue weighted by atomic mass is 79.9. The molecule has 0 bridgehead atoms. The molecule has 6 heteroatoms. The van der Waals surface area contributed by atoms with Gasteiger partial charge in [-0.25, -0.2) is 4.79 Å². The zero-order chi connectivity index (χ0) is 21.3. The second-order valence-electron chi connectivity index (χ2n) is 6.64. The van der Waals surface area contributed by atoms with Gasteiger partial charge >= 0.3 is 5.97 Å². The van der Waals surface area contributed by atoms with Gasteiger partial charge < -0.3 is 14.2 Å². The van der Waals surface area contributed by atoms with Crippen molar-refractivity contribution in [2.45, 2.75) is 6.92 Å². The van der Waals surface area contributed by atoms with Gasteiger partial charge in [-0.15, -0.1) is 0 Å². The molecule has 0 fully saturated rings. The van der Waals surface area contributed by atoms with Gasteiger partial charge in [0.05, 0.1) is 18.2 Å². The number of ether oxygens (including phenoxy) is 3. The molecule has 0 saturated heterocycles. The van der Waals surface area contributed by atoms with E-state index in [1.54, 1.807) is 56.5 Å². The van der Waals surface area contributed by atoms with Crippen molar-refractivity contribution in [3.8, 4) is 17.2 Å². The minimum atomic E-state index is -0.506. The van der Waals surface area contributed by atoms with E-state index >= 15 is 0 Å². The fourth-order valence-electron chi connectivity index (χ4n) is 3.10. The van der Waals surface area contributed by atoms with Gasteiger partial charge in [-0.2, -0.15) is 0 Å². The zero-order valence-electron chi connectivity index (χ0n) is 16.3. The van der Waals surface area contributed by atoms with Crippen molar-refractivity contribution < 1.29 is 23.8 Å². The van der Waals surface area contributed by atoms with Gasteiger partial charge in [0, 0.05) is 10.0 Å². The van der Waals surface area contributed by atoms with Gasteiger partial charge in [-0.1, -0.05) is 34.1 Å². The number of Topliss-reactive ketones (excluding diaryl/α,β-unsaturated/α-hetero) is 1. The number of benzene rings is 3. The quantitative estimate of drug-likeness (QED) is 0.285. The second kappa shape index (κ2) is 8.16. The minimum Gasteiger partial charge on any atom is -0.497 e.